The molecule has 0 unspecified atom stereocenters. The molecule has 19 heavy (non-hydrogen) atoms. The number of urea groups is 1. The van der Waals surface area contributed by atoms with Gasteiger partial charge in [-0.3, -0.25) is 15.4 Å². The van der Waals surface area contributed by atoms with Gasteiger partial charge in [0.05, 0.1) is 6.04 Å². The smallest absolute Gasteiger partial charge is 0.321 e. The van der Waals surface area contributed by atoms with Gasteiger partial charge in [0.1, 0.15) is 0 Å². The molecule has 1 rings (SSSR count). The van der Waals surface area contributed by atoms with Crippen molar-refractivity contribution in [3.05, 3.63) is 34.9 Å². The summed E-state index contributed by atoms with van der Waals surface area (Å²) in [5, 5.41) is 8.30. The molecule has 3 N–H and O–H groups in total. The van der Waals surface area contributed by atoms with Crippen molar-refractivity contribution in [2.75, 3.05) is 7.05 Å². The van der Waals surface area contributed by atoms with Gasteiger partial charge < -0.3 is 5.32 Å². The van der Waals surface area contributed by atoms with Gasteiger partial charge in [-0.15, -0.1) is 0 Å². The third kappa shape index (κ3) is 4.89. The Bertz CT molecular complexity index is 465. The summed E-state index contributed by atoms with van der Waals surface area (Å²) in [7, 11) is 1.45. The lowest BCUT2D eigenvalue weighted by Crippen LogP contribution is -2.47. The van der Waals surface area contributed by atoms with E-state index in [1.807, 2.05) is 25.1 Å². The van der Waals surface area contributed by atoms with E-state index in [0.29, 0.717) is 5.02 Å². The molecule has 6 heteroatoms. The molecule has 0 heterocycles. The SMILES string of the molecule is CNC(=O)NC(=O)[C@@H](C)N[C@H](C)c1cccc(Cl)c1. The number of halogens is 1. The van der Waals surface area contributed by atoms with Gasteiger partial charge >= 0.3 is 6.03 Å². The van der Waals surface area contributed by atoms with Crippen LogP contribution in [0.2, 0.25) is 5.02 Å². The first-order valence-electron chi connectivity index (χ1n) is 5.98. The fourth-order valence-electron chi connectivity index (χ4n) is 1.61. The highest BCUT2D eigenvalue weighted by Crippen LogP contribution is 2.17. The Kier molecular flexibility index (Phi) is 5.79. The second kappa shape index (κ2) is 7.11. The van der Waals surface area contributed by atoms with Crippen LogP contribution < -0.4 is 16.0 Å². The number of rotatable bonds is 4. The van der Waals surface area contributed by atoms with Crippen molar-refractivity contribution < 1.29 is 9.59 Å². The Balaban J connectivity index is 2.58. The molecule has 1 aromatic carbocycles. The highest BCUT2D eigenvalue weighted by atomic mass is 35.5. The molecule has 1 aromatic rings. The molecule has 0 aliphatic rings. The Hall–Kier alpha value is -1.59. The van der Waals surface area contributed by atoms with E-state index in [-0.39, 0.29) is 11.9 Å². The summed E-state index contributed by atoms with van der Waals surface area (Å²) in [4.78, 5) is 22.7. The maximum Gasteiger partial charge on any atom is 0.321 e. The van der Waals surface area contributed by atoms with E-state index < -0.39 is 12.1 Å². The summed E-state index contributed by atoms with van der Waals surface area (Å²) >= 11 is 5.92. The van der Waals surface area contributed by atoms with Crippen molar-refractivity contribution in [1.82, 2.24) is 16.0 Å². The van der Waals surface area contributed by atoms with Gasteiger partial charge in [0.2, 0.25) is 5.91 Å². The van der Waals surface area contributed by atoms with Crippen molar-refractivity contribution in [3.63, 3.8) is 0 Å². The Labute approximate surface area is 117 Å². The molecule has 0 radical (unpaired) electrons. The zero-order valence-corrected chi connectivity index (χ0v) is 11.9. The van der Waals surface area contributed by atoms with Gasteiger partial charge in [0.15, 0.2) is 0 Å². The highest BCUT2D eigenvalue weighted by molar-refractivity contribution is 6.30. The van der Waals surface area contributed by atoms with Crippen LogP contribution in [-0.2, 0) is 4.79 Å². The summed E-state index contributed by atoms with van der Waals surface area (Å²) in [6.45, 7) is 3.62. The van der Waals surface area contributed by atoms with E-state index in [4.69, 9.17) is 11.6 Å². The van der Waals surface area contributed by atoms with Gasteiger partial charge in [-0.2, -0.15) is 0 Å². The summed E-state index contributed by atoms with van der Waals surface area (Å²) < 4.78 is 0. The molecule has 5 nitrogen and oxygen atoms in total. The molecule has 0 aliphatic carbocycles. The number of nitrogens with one attached hydrogen (secondary N) is 3. The molecule has 0 fully saturated rings. The number of hydrogen-bond acceptors (Lipinski definition) is 3. The third-order valence-electron chi connectivity index (χ3n) is 2.71. The monoisotopic (exact) mass is 283 g/mol. The van der Waals surface area contributed by atoms with Gasteiger partial charge in [0, 0.05) is 18.1 Å². The first-order chi connectivity index (χ1) is 8.93. The number of hydrogen-bond donors (Lipinski definition) is 3. The molecule has 0 saturated heterocycles. The number of carbonyl (C=O) groups is 2. The van der Waals surface area contributed by atoms with Crippen molar-refractivity contribution in [2.45, 2.75) is 25.9 Å². The van der Waals surface area contributed by atoms with E-state index in [0.717, 1.165) is 5.56 Å². The Morgan fingerprint density at radius 2 is 1.95 bits per heavy atom. The molecule has 0 bridgehead atoms. The minimum Gasteiger partial charge on any atom is -0.341 e. The Morgan fingerprint density at radius 1 is 1.26 bits per heavy atom. The fraction of sp³-hybridized carbons (Fsp3) is 0.385. The predicted octanol–water partition coefficient (Wildman–Crippen LogP) is 1.83. The van der Waals surface area contributed by atoms with Crippen LogP contribution in [0.25, 0.3) is 0 Å². The second-order valence-electron chi connectivity index (χ2n) is 4.23. The van der Waals surface area contributed by atoms with E-state index in [9.17, 15) is 9.59 Å². The van der Waals surface area contributed by atoms with Crippen molar-refractivity contribution in [2.24, 2.45) is 0 Å². The first kappa shape index (κ1) is 15.5. The molecule has 0 aliphatic heterocycles. The summed E-state index contributed by atoms with van der Waals surface area (Å²) in [5.74, 6) is -0.381. The van der Waals surface area contributed by atoms with Gasteiger partial charge in [-0.05, 0) is 31.5 Å². The minimum absolute atomic E-state index is 0.0517. The molecule has 2 atom stereocenters. The number of carbonyl (C=O) groups excluding carboxylic acids is 2. The number of amides is 3. The van der Waals surface area contributed by atoms with Gasteiger partial charge in [0.25, 0.3) is 0 Å². The molecule has 0 spiro atoms. The van der Waals surface area contributed by atoms with Crippen molar-refractivity contribution in [1.29, 1.82) is 0 Å². The van der Waals surface area contributed by atoms with Crippen LogP contribution in [0.5, 0.6) is 0 Å². The van der Waals surface area contributed by atoms with Crippen LogP contribution in [0.1, 0.15) is 25.5 Å². The second-order valence-corrected chi connectivity index (χ2v) is 4.67. The van der Waals surface area contributed by atoms with Crippen LogP contribution in [0.15, 0.2) is 24.3 Å². The average molecular weight is 284 g/mol. The zero-order valence-electron chi connectivity index (χ0n) is 11.2. The Morgan fingerprint density at radius 3 is 2.53 bits per heavy atom. The van der Waals surface area contributed by atoms with Crippen molar-refractivity contribution in [3.8, 4) is 0 Å². The van der Waals surface area contributed by atoms with Gasteiger partial charge in [-0.25, -0.2) is 4.79 Å². The molecule has 3 amide bonds. The summed E-state index contributed by atoms with van der Waals surface area (Å²) in [6.07, 6.45) is 0. The van der Waals surface area contributed by atoms with Crippen LogP contribution in [0, 0.1) is 0 Å². The maximum absolute atomic E-state index is 11.7. The predicted molar refractivity (Wildman–Crippen MR) is 75.1 cm³/mol. The molecule has 0 saturated carbocycles. The lowest BCUT2D eigenvalue weighted by Gasteiger charge is -2.19. The molecule has 0 aromatic heterocycles. The molecular formula is C13H18ClN3O2. The minimum atomic E-state index is -0.519. The third-order valence-corrected chi connectivity index (χ3v) is 2.94. The van der Waals surface area contributed by atoms with Crippen LogP contribution in [0.4, 0.5) is 4.79 Å². The number of imide groups is 1. The van der Waals surface area contributed by atoms with E-state index in [1.54, 1.807) is 13.0 Å². The van der Waals surface area contributed by atoms with E-state index in [2.05, 4.69) is 16.0 Å². The summed E-state index contributed by atoms with van der Waals surface area (Å²) in [6, 6.07) is 6.34. The number of benzene rings is 1. The normalized spacial score (nSPS) is 13.5. The van der Waals surface area contributed by atoms with E-state index in [1.165, 1.54) is 7.05 Å². The molecule has 104 valence electrons. The van der Waals surface area contributed by atoms with Crippen LogP contribution in [0.3, 0.4) is 0 Å². The topological polar surface area (TPSA) is 70.2 Å². The summed E-state index contributed by atoms with van der Waals surface area (Å²) in [5.41, 5.74) is 0.979. The fourth-order valence-corrected chi connectivity index (χ4v) is 1.80. The average Bonchev–Trinajstić information content (AvgIpc) is 2.38. The maximum atomic E-state index is 11.7. The van der Waals surface area contributed by atoms with Crippen LogP contribution >= 0.6 is 11.6 Å². The van der Waals surface area contributed by atoms with E-state index >= 15 is 0 Å². The van der Waals surface area contributed by atoms with Crippen molar-refractivity contribution >= 4 is 23.5 Å². The quantitative estimate of drug-likeness (QED) is 0.790. The van der Waals surface area contributed by atoms with Gasteiger partial charge in [-0.1, -0.05) is 23.7 Å². The van der Waals surface area contributed by atoms with Crippen LogP contribution in [-0.4, -0.2) is 25.0 Å². The first-order valence-corrected chi connectivity index (χ1v) is 6.36. The molecular weight excluding hydrogens is 266 g/mol. The standard InChI is InChI=1S/C13H18ClN3O2/c1-8(10-5-4-6-11(14)7-10)16-9(2)12(18)17-13(19)15-3/h4-9,16H,1-3H3,(H2,15,17,18,19)/t8-,9-/m1/s1. The lowest BCUT2D eigenvalue weighted by atomic mass is 10.1. The largest absolute Gasteiger partial charge is 0.341 e. The zero-order chi connectivity index (χ0) is 14.4. The highest BCUT2D eigenvalue weighted by Gasteiger charge is 2.17. The lowest BCUT2D eigenvalue weighted by molar-refractivity contribution is -0.121.